The molecule has 0 unspecified atom stereocenters. The zero-order valence-corrected chi connectivity index (χ0v) is 18.0. The van der Waals surface area contributed by atoms with Crippen LogP contribution in [0.1, 0.15) is 23.2 Å². The maximum Gasteiger partial charge on any atom is 0.501 e. The van der Waals surface area contributed by atoms with Gasteiger partial charge in [0.25, 0.3) is 15.7 Å². The Morgan fingerprint density at radius 1 is 0.875 bits per heavy atom. The molecular formula is C19H18F4N2O5S2. The molecule has 0 atom stereocenters. The van der Waals surface area contributed by atoms with Gasteiger partial charge < -0.3 is 4.90 Å². The van der Waals surface area contributed by atoms with Crippen molar-refractivity contribution >= 4 is 25.8 Å². The molecule has 1 aliphatic rings. The van der Waals surface area contributed by atoms with Crippen LogP contribution in [-0.2, 0) is 19.9 Å². The minimum Gasteiger partial charge on any atom is -0.339 e. The Hall–Kier alpha value is -2.51. The van der Waals surface area contributed by atoms with Crippen molar-refractivity contribution in [3.63, 3.8) is 0 Å². The van der Waals surface area contributed by atoms with E-state index in [9.17, 15) is 39.2 Å². The number of nitrogens with zero attached hydrogens (tertiary/aromatic N) is 1. The number of hydrogen-bond donors (Lipinski definition) is 1. The van der Waals surface area contributed by atoms with Gasteiger partial charge in [0.05, 0.1) is 9.79 Å². The summed E-state index contributed by atoms with van der Waals surface area (Å²) in [6, 6.07) is 7.32. The second kappa shape index (κ2) is 8.79. The van der Waals surface area contributed by atoms with Crippen molar-refractivity contribution in [2.45, 2.75) is 34.2 Å². The molecule has 7 nitrogen and oxygen atoms in total. The minimum atomic E-state index is -5.50. The van der Waals surface area contributed by atoms with Crippen molar-refractivity contribution in [3.8, 4) is 0 Å². The highest BCUT2D eigenvalue weighted by atomic mass is 32.2. The number of piperidine rings is 1. The topological polar surface area (TPSA) is 101 Å². The summed E-state index contributed by atoms with van der Waals surface area (Å²) in [5.41, 5.74) is -5.43. The van der Waals surface area contributed by atoms with Gasteiger partial charge in [-0.15, -0.1) is 0 Å². The largest absolute Gasteiger partial charge is 0.501 e. The van der Waals surface area contributed by atoms with Crippen LogP contribution < -0.4 is 4.72 Å². The number of carbonyl (C=O) groups excluding carboxylic acids is 1. The van der Waals surface area contributed by atoms with Crippen LogP contribution >= 0.6 is 0 Å². The normalized spacial score (nSPS) is 16.2. The van der Waals surface area contributed by atoms with E-state index >= 15 is 0 Å². The zero-order valence-electron chi connectivity index (χ0n) is 16.3. The number of amides is 1. The quantitative estimate of drug-likeness (QED) is 0.645. The lowest BCUT2D eigenvalue weighted by Gasteiger charge is -2.32. The van der Waals surface area contributed by atoms with Gasteiger partial charge in [0, 0.05) is 24.7 Å². The first kappa shape index (κ1) is 24.1. The summed E-state index contributed by atoms with van der Waals surface area (Å²) in [4.78, 5) is 12.9. The van der Waals surface area contributed by atoms with Crippen LogP contribution in [0.4, 0.5) is 17.6 Å². The first-order valence-electron chi connectivity index (χ1n) is 9.30. The first-order valence-corrected chi connectivity index (χ1v) is 12.3. The molecule has 1 aliphatic heterocycles. The number of alkyl halides is 3. The van der Waals surface area contributed by atoms with E-state index in [1.165, 1.54) is 4.90 Å². The average molecular weight is 494 g/mol. The van der Waals surface area contributed by atoms with E-state index in [1.54, 1.807) is 0 Å². The minimum absolute atomic E-state index is 0.0106. The molecule has 0 aliphatic carbocycles. The van der Waals surface area contributed by atoms with E-state index in [2.05, 4.69) is 4.72 Å². The van der Waals surface area contributed by atoms with Gasteiger partial charge in [-0.2, -0.15) is 13.2 Å². The highest BCUT2D eigenvalue weighted by Crippen LogP contribution is 2.30. The molecule has 0 aromatic heterocycles. The lowest BCUT2D eigenvalue weighted by molar-refractivity contribution is -0.0436. The number of benzene rings is 2. The van der Waals surface area contributed by atoms with Crippen LogP contribution in [0, 0.1) is 5.82 Å². The molecule has 0 bridgehead atoms. The number of likely N-dealkylation sites (tertiary alicyclic amines) is 1. The number of hydrogen-bond acceptors (Lipinski definition) is 5. The van der Waals surface area contributed by atoms with Crippen LogP contribution in [0.3, 0.4) is 0 Å². The van der Waals surface area contributed by atoms with E-state index in [4.69, 9.17) is 0 Å². The Morgan fingerprint density at radius 3 is 1.88 bits per heavy atom. The highest BCUT2D eigenvalue weighted by Gasteiger charge is 2.46. The molecule has 2 aromatic rings. The molecule has 1 fully saturated rings. The van der Waals surface area contributed by atoms with Crippen molar-refractivity contribution in [2.24, 2.45) is 0 Å². The van der Waals surface area contributed by atoms with Crippen molar-refractivity contribution in [1.82, 2.24) is 9.62 Å². The van der Waals surface area contributed by atoms with Crippen LogP contribution in [0.5, 0.6) is 0 Å². The fourth-order valence-corrected chi connectivity index (χ4v) is 5.26. The maximum atomic E-state index is 13.0. The molecular weight excluding hydrogens is 476 g/mol. The van der Waals surface area contributed by atoms with Gasteiger partial charge in [-0.05, 0) is 61.4 Å². The van der Waals surface area contributed by atoms with Crippen LogP contribution in [0.2, 0.25) is 0 Å². The summed E-state index contributed by atoms with van der Waals surface area (Å²) >= 11 is 0. The summed E-state index contributed by atoms with van der Waals surface area (Å²) in [6.07, 6.45) is 0.569. The third kappa shape index (κ3) is 5.10. The molecule has 0 saturated carbocycles. The van der Waals surface area contributed by atoms with Gasteiger partial charge >= 0.3 is 5.51 Å². The lowest BCUT2D eigenvalue weighted by Crippen LogP contribution is -2.46. The number of carbonyl (C=O) groups is 1. The molecule has 0 spiro atoms. The maximum absolute atomic E-state index is 13.0. The smallest absolute Gasteiger partial charge is 0.339 e. The number of sulfone groups is 1. The Morgan fingerprint density at radius 2 is 1.38 bits per heavy atom. The van der Waals surface area contributed by atoms with Gasteiger partial charge in [-0.3, -0.25) is 4.79 Å². The fourth-order valence-electron chi connectivity index (χ4n) is 3.19. The summed E-state index contributed by atoms with van der Waals surface area (Å²) in [6.45, 7) is 0.357. The van der Waals surface area contributed by atoms with Gasteiger partial charge in [-0.1, -0.05) is 0 Å². The van der Waals surface area contributed by atoms with E-state index in [-0.39, 0.29) is 36.4 Å². The van der Waals surface area contributed by atoms with Crippen LogP contribution in [0.15, 0.2) is 58.3 Å². The van der Waals surface area contributed by atoms with Crippen molar-refractivity contribution in [1.29, 1.82) is 0 Å². The monoisotopic (exact) mass is 494 g/mol. The SMILES string of the molecule is O=C(c1ccc(S(=O)(=O)C(F)(F)F)cc1)N1CCC(NS(=O)(=O)c2ccc(F)cc2)CC1. The summed E-state index contributed by atoms with van der Waals surface area (Å²) in [5, 5.41) is 0. The van der Waals surface area contributed by atoms with Crippen molar-refractivity contribution in [2.75, 3.05) is 13.1 Å². The van der Waals surface area contributed by atoms with Crippen molar-refractivity contribution in [3.05, 3.63) is 59.9 Å². The van der Waals surface area contributed by atoms with Crippen molar-refractivity contribution < 1.29 is 39.2 Å². The summed E-state index contributed by atoms with van der Waals surface area (Å²) < 4.78 is 101. The third-order valence-corrected chi connectivity index (χ3v) is 7.98. The predicted molar refractivity (Wildman–Crippen MR) is 105 cm³/mol. The number of rotatable bonds is 5. The van der Waals surface area contributed by atoms with E-state index in [1.807, 2.05) is 0 Å². The fraction of sp³-hybridized carbons (Fsp3) is 0.316. The Balaban J connectivity index is 1.61. The number of nitrogens with one attached hydrogen (secondary N) is 1. The Kier molecular flexibility index (Phi) is 6.63. The number of halogens is 4. The standard InChI is InChI=1S/C19H18F4N2O5S2/c20-14-3-7-17(8-4-14)32(29,30)24-15-9-11-25(12-10-15)18(26)13-1-5-16(6-2-13)31(27,28)19(21,22)23/h1-8,15,24H,9-12H2. The second-order valence-corrected chi connectivity index (χ2v) is 10.8. The second-order valence-electron chi connectivity index (χ2n) is 7.12. The van der Waals surface area contributed by atoms with Gasteiger partial charge in [-0.25, -0.2) is 25.9 Å². The molecule has 2 aromatic carbocycles. The molecule has 1 N–H and O–H groups in total. The molecule has 1 amide bonds. The van der Waals surface area contributed by atoms with E-state index < -0.39 is 48.0 Å². The molecule has 174 valence electrons. The lowest BCUT2D eigenvalue weighted by atomic mass is 10.0. The van der Waals surface area contributed by atoms with Gasteiger partial charge in [0.2, 0.25) is 10.0 Å². The van der Waals surface area contributed by atoms with Gasteiger partial charge in [0.1, 0.15) is 5.82 Å². The molecule has 1 heterocycles. The molecule has 3 rings (SSSR count). The average Bonchev–Trinajstić information content (AvgIpc) is 2.73. The van der Waals surface area contributed by atoms with E-state index in [0.29, 0.717) is 0 Å². The highest BCUT2D eigenvalue weighted by molar-refractivity contribution is 7.92. The van der Waals surface area contributed by atoms with E-state index in [0.717, 1.165) is 48.5 Å². The molecule has 13 heteroatoms. The first-order chi connectivity index (χ1) is 14.8. The molecule has 0 radical (unpaired) electrons. The van der Waals surface area contributed by atoms with Crippen LogP contribution in [0.25, 0.3) is 0 Å². The Labute approximate surface area is 182 Å². The Bertz CT molecular complexity index is 1190. The van der Waals surface area contributed by atoms with Gasteiger partial charge in [0.15, 0.2) is 0 Å². The summed E-state index contributed by atoms with van der Waals surface area (Å²) in [7, 11) is -9.37. The molecule has 1 saturated heterocycles. The summed E-state index contributed by atoms with van der Waals surface area (Å²) in [5.74, 6) is -1.08. The zero-order chi connectivity index (χ0) is 23.7. The van der Waals surface area contributed by atoms with Crippen LogP contribution in [-0.4, -0.2) is 52.3 Å². The molecule has 32 heavy (non-hydrogen) atoms. The third-order valence-electron chi connectivity index (χ3n) is 4.94. The number of sulfonamides is 1. The predicted octanol–water partition coefficient (Wildman–Crippen LogP) is 2.70.